The van der Waals surface area contributed by atoms with Crippen LogP contribution in [0.5, 0.6) is 5.75 Å². The summed E-state index contributed by atoms with van der Waals surface area (Å²) < 4.78 is 36.6. The Morgan fingerprint density at radius 1 is 1.24 bits per heavy atom. The Morgan fingerprint density at radius 3 is 2.29 bits per heavy atom. The van der Waals surface area contributed by atoms with Crippen molar-refractivity contribution in [3.63, 3.8) is 0 Å². The predicted molar refractivity (Wildman–Crippen MR) is 60.9 cm³/mol. The number of methoxy groups -OCH3 is 1. The number of hydrogen-bond donors (Lipinski definition) is 4. The van der Waals surface area contributed by atoms with Crippen LogP contribution >= 0.6 is 0 Å². The van der Waals surface area contributed by atoms with E-state index in [1.165, 1.54) is 7.11 Å². The van der Waals surface area contributed by atoms with Crippen LogP contribution in [0.1, 0.15) is 0 Å². The lowest BCUT2D eigenvalue weighted by Gasteiger charge is -2.06. The van der Waals surface area contributed by atoms with Gasteiger partial charge in [0.15, 0.2) is 0 Å². The molecule has 0 saturated heterocycles. The third kappa shape index (κ3) is 10.9. The molecule has 0 aliphatic heterocycles. The minimum absolute atomic E-state index is 0.804. The normalized spacial score (nSPS) is 10.1. The van der Waals surface area contributed by atoms with Gasteiger partial charge in [0.25, 0.3) is 0 Å². The Hall–Kier alpha value is -1.39. The maximum absolute atomic E-state index is 8.74. The molecule has 8 nitrogen and oxygen atoms in total. The number of anilines is 1. The van der Waals surface area contributed by atoms with E-state index in [1.807, 2.05) is 24.3 Å². The number of ether oxygens (including phenoxy) is 1. The van der Waals surface area contributed by atoms with Crippen LogP contribution in [0, 0.1) is 0 Å². The summed E-state index contributed by atoms with van der Waals surface area (Å²) in [5.41, 5.74) is 6.21. The lowest BCUT2D eigenvalue weighted by Crippen LogP contribution is -2.19. The Labute approximate surface area is 99.0 Å². The smallest absolute Gasteiger partial charge is 0.394 e. The van der Waals surface area contributed by atoms with Gasteiger partial charge in [0, 0.05) is 6.07 Å². The molecular formula is C8H14N2O6S. The molecule has 0 atom stereocenters. The van der Waals surface area contributed by atoms with Gasteiger partial charge < -0.3 is 4.74 Å². The highest BCUT2D eigenvalue weighted by atomic mass is 32.3. The second-order valence-corrected chi connectivity index (χ2v) is 3.51. The summed E-state index contributed by atoms with van der Waals surface area (Å²) in [4.78, 5) is 4.62. The van der Waals surface area contributed by atoms with Gasteiger partial charge in [0.05, 0.1) is 19.9 Å². The molecule has 0 aliphatic rings. The van der Waals surface area contributed by atoms with Gasteiger partial charge in [0.2, 0.25) is 0 Å². The van der Waals surface area contributed by atoms with E-state index < -0.39 is 10.4 Å². The topological polar surface area (TPSA) is 117 Å². The molecule has 98 valence electrons. The predicted octanol–water partition coefficient (Wildman–Crippen LogP) is 0.520. The highest BCUT2D eigenvalue weighted by Gasteiger charge is 1.92. The van der Waals surface area contributed by atoms with Crippen molar-refractivity contribution in [3.8, 4) is 5.75 Å². The van der Waals surface area contributed by atoms with Gasteiger partial charge in [-0.1, -0.05) is 6.07 Å². The van der Waals surface area contributed by atoms with Gasteiger partial charge in [-0.3, -0.25) is 19.4 Å². The standard InChI is InChI=1S/C8H12N2O2.H2O4S/c1-11-8-5-3-4-7(6-8)9-10-12-2;1-5(2,3)4/h3-6,9-10H,1-2H3;(H2,1,2,3,4). The van der Waals surface area contributed by atoms with E-state index in [9.17, 15) is 0 Å². The molecule has 0 spiro atoms. The average Bonchev–Trinajstić information content (AvgIpc) is 2.24. The van der Waals surface area contributed by atoms with Crippen molar-refractivity contribution in [3.05, 3.63) is 24.3 Å². The first-order valence-corrected chi connectivity index (χ1v) is 5.64. The highest BCUT2D eigenvalue weighted by molar-refractivity contribution is 7.79. The van der Waals surface area contributed by atoms with Crippen molar-refractivity contribution >= 4 is 16.1 Å². The third-order valence-electron chi connectivity index (χ3n) is 1.37. The van der Waals surface area contributed by atoms with Crippen molar-refractivity contribution in [2.75, 3.05) is 19.6 Å². The van der Waals surface area contributed by atoms with Crippen molar-refractivity contribution < 1.29 is 27.1 Å². The van der Waals surface area contributed by atoms with Crippen LogP contribution in [0.4, 0.5) is 5.69 Å². The van der Waals surface area contributed by atoms with Gasteiger partial charge in [-0.15, -0.1) is 5.59 Å². The fourth-order valence-corrected chi connectivity index (χ4v) is 0.811. The minimum atomic E-state index is -4.67. The van der Waals surface area contributed by atoms with Crippen molar-refractivity contribution in [2.24, 2.45) is 0 Å². The molecule has 0 amide bonds. The van der Waals surface area contributed by atoms with Gasteiger partial charge in [-0.05, 0) is 12.1 Å². The number of hydrogen-bond acceptors (Lipinski definition) is 6. The fraction of sp³-hybridized carbons (Fsp3) is 0.250. The molecular weight excluding hydrogens is 252 g/mol. The molecule has 1 rings (SSSR count). The van der Waals surface area contributed by atoms with Gasteiger partial charge in [0.1, 0.15) is 5.75 Å². The van der Waals surface area contributed by atoms with E-state index in [-0.39, 0.29) is 0 Å². The summed E-state index contributed by atoms with van der Waals surface area (Å²) in [5.74, 6) is 0.804. The van der Waals surface area contributed by atoms with E-state index in [0.29, 0.717) is 0 Å². The molecule has 4 N–H and O–H groups in total. The van der Waals surface area contributed by atoms with Crippen LogP contribution < -0.4 is 15.8 Å². The van der Waals surface area contributed by atoms with Crippen LogP contribution in [0.15, 0.2) is 24.3 Å². The summed E-state index contributed by atoms with van der Waals surface area (Å²) in [7, 11) is -1.50. The number of benzene rings is 1. The molecule has 1 aromatic carbocycles. The first kappa shape index (κ1) is 15.6. The summed E-state index contributed by atoms with van der Waals surface area (Å²) in [6, 6.07) is 7.51. The highest BCUT2D eigenvalue weighted by Crippen LogP contribution is 2.15. The second kappa shape index (κ2) is 7.81. The first-order chi connectivity index (χ1) is 7.86. The molecule has 0 aliphatic carbocycles. The van der Waals surface area contributed by atoms with Crippen LogP contribution in [0.3, 0.4) is 0 Å². The Balaban J connectivity index is 0.000000437. The minimum Gasteiger partial charge on any atom is -0.497 e. The van der Waals surface area contributed by atoms with E-state index in [2.05, 4.69) is 15.9 Å². The van der Waals surface area contributed by atoms with Gasteiger partial charge in [-0.2, -0.15) is 8.42 Å². The molecule has 1 aromatic rings. The van der Waals surface area contributed by atoms with Gasteiger partial charge >= 0.3 is 10.4 Å². The fourth-order valence-electron chi connectivity index (χ4n) is 0.811. The van der Waals surface area contributed by atoms with E-state index in [0.717, 1.165) is 11.4 Å². The third-order valence-corrected chi connectivity index (χ3v) is 1.37. The van der Waals surface area contributed by atoms with Crippen molar-refractivity contribution in [1.29, 1.82) is 0 Å². The lowest BCUT2D eigenvalue weighted by atomic mass is 10.3. The Bertz CT molecular complexity index is 414. The molecule has 0 aromatic heterocycles. The Kier molecular flexibility index (Phi) is 7.18. The van der Waals surface area contributed by atoms with E-state index >= 15 is 0 Å². The quantitative estimate of drug-likeness (QED) is 0.460. The lowest BCUT2D eigenvalue weighted by molar-refractivity contribution is 0.111. The molecule has 0 unspecified atom stereocenters. The van der Waals surface area contributed by atoms with E-state index in [4.69, 9.17) is 22.3 Å². The molecule has 17 heavy (non-hydrogen) atoms. The van der Waals surface area contributed by atoms with E-state index in [1.54, 1.807) is 7.11 Å². The summed E-state index contributed by atoms with van der Waals surface area (Å²) in [6.45, 7) is 0. The zero-order chi connectivity index (χ0) is 13.3. The van der Waals surface area contributed by atoms with Crippen molar-refractivity contribution in [1.82, 2.24) is 5.59 Å². The molecule has 0 heterocycles. The van der Waals surface area contributed by atoms with Gasteiger partial charge in [-0.25, -0.2) is 0 Å². The first-order valence-electron chi connectivity index (χ1n) is 4.24. The van der Waals surface area contributed by atoms with Crippen molar-refractivity contribution in [2.45, 2.75) is 0 Å². The molecule has 9 heteroatoms. The number of hydrazine groups is 1. The Morgan fingerprint density at radius 2 is 1.82 bits per heavy atom. The molecule has 0 fully saturated rings. The monoisotopic (exact) mass is 266 g/mol. The summed E-state index contributed by atoms with van der Waals surface area (Å²) in [5, 5.41) is 0. The second-order valence-electron chi connectivity index (χ2n) is 2.61. The summed E-state index contributed by atoms with van der Waals surface area (Å²) in [6.07, 6.45) is 0. The van der Waals surface area contributed by atoms with Crippen LogP contribution in [-0.2, 0) is 15.2 Å². The molecule has 0 bridgehead atoms. The molecule has 0 saturated carbocycles. The van der Waals surface area contributed by atoms with Crippen LogP contribution in [0.25, 0.3) is 0 Å². The SMILES string of the molecule is CONNc1cccc(OC)c1.O=S(=O)(O)O. The maximum Gasteiger partial charge on any atom is 0.394 e. The maximum atomic E-state index is 8.74. The largest absolute Gasteiger partial charge is 0.497 e. The average molecular weight is 266 g/mol. The zero-order valence-electron chi connectivity index (χ0n) is 9.25. The molecule has 0 radical (unpaired) electrons. The van der Waals surface area contributed by atoms with Crippen LogP contribution in [0.2, 0.25) is 0 Å². The number of nitrogens with one attached hydrogen (secondary N) is 2. The zero-order valence-corrected chi connectivity index (χ0v) is 10.1. The number of rotatable bonds is 4. The summed E-state index contributed by atoms with van der Waals surface area (Å²) >= 11 is 0. The van der Waals surface area contributed by atoms with Crippen LogP contribution in [-0.4, -0.2) is 31.7 Å².